The third-order valence-corrected chi connectivity index (χ3v) is 5.36. The van der Waals surface area contributed by atoms with Crippen molar-refractivity contribution in [2.75, 3.05) is 0 Å². The van der Waals surface area contributed by atoms with Crippen molar-refractivity contribution in [2.45, 2.75) is 26.2 Å². The van der Waals surface area contributed by atoms with Gasteiger partial charge in [-0.3, -0.25) is 4.79 Å². The third kappa shape index (κ3) is 2.10. The lowest BCUT2D eigenvalue weighted by atomic mass is 9.89. The molecule has 0 unspecified atom stereocenters. The Balaban J connectivity index is 1.94. The lowest BCUT2D eigenvalue weighted by Gasteiger charge is -2.17. The van der Waals surface area contributed by atoms with E-state index in [1.54, 1.807) is 11.3 Å². The molecule has 2 aromatic heterocycles. The molecule has 0 aliphatic heterocycles. The zero-order chi connectivity index (χ0) is 14.4. The van der Waals surface area contributed by atoms with Crippen LogP contribution in [0.1, 0.15) is 23.8 Å². The van der Waals surface area contributed by atoms with Crippen molar-refractivity contribution in [3.8, 4) is 11.4 Å². The molecule has 1 N–H and O–H groups in total. The first-order chi connectivity index (χ1) is 10.2. The van der Waals surface area contributed by atoms with Crippen LogP contribution in [0.2, 0.25) is 0 Å². The number of hydrogen-bond acceptors (Lipinski definition) is 3. The average molecular weight is 296 g/mol. The number of aryl methyl sites for hydroxylation is 1. The average Bonchev–Trinajstić information content (AvgIpc) is 2.85. The van der Waals surface area contributed by atoms with Gasteiger partial charge in [0.05, 0.1) is 5.39 Å². The zero-order valence-electron chi connectivity index (χ0n) is 11.8. The summed E-state index contributed by atoms with van der Waals surface area (Å²) in [4.78, 5) is 22.4. The molecule has 1 aromatic carbocycles. The minimum atomic E-state index is 0.00547. The van der Waals surface area contributed by atoms with E-state index >= 15 is 0 Å². The number of benzene rings is 1. The summed E-state index contributed by atoms with van der Waals surface area (Å²) in [7, 11) is 0. The number of rotatable bonds is 1. The molecule has 2 heterocycles. The Hall–Kier alpha value is -1.94. The quantitative estimate of drug-likeness (QED) is 0.743. The molecular weight excluding hydrogens is 280 g/mol. The minimum Gasteiger partial charge on any atom is -0.306 e. The Morgan fingerprint density at radius 2 is 2.10 bits per heavy atom. The predicted octanol–water partition coefficient (Wildman–Crippen LogP) is 3.78. The van der Waals surface area contributed by atoms with E-state index in [0.717, 1.165) is 28.6 Å². The first-order valence-electron chi connectivity index (χ1n) is 7.32. The van der Waals surface area contributed by atoms with Crippen LogP contribution < -0.4 is 5.56 Å². The number of thiophene rings is 1. The van der Waals surface area contributed by atoms with Crippen LogP contribution in [0, 0.1) is 5.92 Å². The van der Waals surface area contributed by atoms with Crippen molar-refractivity contribution in [1.29, 1.82) is 0 Å². The SMILES string of the molecule is C[C@H]1CCc2c(sc3nc(-c4ccccc4)[nH]c(=O)c23)C1. The Labute approximate surface area is 126 Å². The van der Waals surface area contributed by atoms with Gasteiger partial charge in [-0.05, 0) is 30.7 Å². The Kier molecular flexibility index (Phi) is 2.93. The van der Waals surface area contributed by atoms with Crippen molar-refractivity contribution in [3.63, 3.8) is 0 Å². The number of hydrogen-bond donors (Lipinski definition) is 1. The van der Waals surface area contributed by atoms with Gasteiger partial charge in [0.1, 0.15) is 10.7 Å². The van der Waals surface area contributed by atoms with E-state index in [1.807, 2.05) is 30.3 Å². The summed E-state index contributed by atoms with van der Waals surface area (Å²) in [6, 6.07) is 9.83. The van der Waals surface area contributed by atoms with Gasteiger partial charge in [0.15, 0.2) is 0 Å². The lowest BCUT2D eigenvalue weighted by molar-refractivity contribution is 0.509. The molecule has 106 valence electrons. The molecule has 0 fully saturated rings. The maximum atomic E-state index is 12.5. The molecule has 4 rings (SSSR count). The smallest absolute Gasteiger partial charge is 0.260 e. The molecule has 3 aromatic rings. The molecule has 1 aliphatic rings. The molecule has 21 heavy (non-hydrogen) atoms. The molecular formula is C17H16N2OS. The maximum absolute atomic E-state index is 12.5. The van der Waals surface area contributed by atoms with E-state index in [9.17, 15) is 4.79 Å². The molecule has 0 bridgehead atoms. The summed E-state index contributed by atoms with van der Waals surface area (Å²) in [5.74, 6) is 1.37. The van der Waals surface area contributed by atoms with Crippen LogP contribution in [0.25, 0.3) is 21.6 Å². The molecule has 0 saturated carbocycles. The van der Waals surface area contributed by atoms with Crippen LogP contribution in [0.5, 0.6) is 0 Å². The largest absolute Gasteiger partial charge is 0.306 e. The second-order valence-electron chi connectivity index (χ2n) is 5.81. The van der Waals surface area contributed by atoms with Crippen molar-refractivity contribution < 1.29 is 0 Å². The number of aromatic amines is 1. The lowest BCUT2D eigenvalue weighted by Crippen LogP contribution is -2.13. The molecule has 0 spiro atoms. The molecule has 0 radical (unpaired) electrons. The summed E-state index contributed by atoms with van der Waals surface area (Å²) in [5.41, 5.74) is 2.20. The normalized spacial score (nSPS) is 17.9. The molecule has 3 nitrogen and oxygen atoms in total. The van der Waals surface area contributed by atoms with Crippen LogP contribution in [-0.2, 0) is 12.8 Å². The summed E-state index contributed by atoms with van der Waals surface area (Å²) in [6.07, 6.45) is 3.25. The fourth-order valence-corrected chi connectivity index (χ4v) is 4.47. The molecule has 0 amide bonds. The van der Waals surface area contributed by atoms with Gasteiger partial charge in [0.2, 0.25) is 0 Å². The van der Waals surface area contributed by atoms with Gasteiger partial charge in [-0.15, -0.1) is 11.3 Å². The molecule has 1 atom stereocenters. The van der Waals surface area contributed by atoms with E-state index in [4.69, 9.17) is 4.98 Å². The molecule has 1 aliphatic carbocycles. The fourth-order valence-electron chi connectivity index (χ4n) is 3.08. The highest BCUT2D eigenvalue weighted by molar-refractivity contribution is 7.18. The first kappa shape index (κ1) is 12.8. The standard InChI is InChI=1S/C17H16N2OS/c1-10-7-8-12-13(9-10)21-17-14(12)16(20)18-15(19-17)11-5-3-2-4-6-11/h2-6,10H,7-9H2,1H3,(H,18,19,20)/t10-/m0/s1. The topological polar surface area (TPSA) is 45.8 Å². The van der Waals surface area contributed by atoms with Gasteiger partial charge >= 0.3 is 0 Å². The first-order valence-corrected chi connectivity index (χ1v) is 8.14. The second kappa shape index (κ2) is 4.81. The van der Waals surface area contributed by atoms with Crippen molar-refractivity contribution >= 4 is 21.6 Å². The summed E-state index contributed by atoms with van der Waals surface area (Å²) < 4.78 is 0. The van der Waals surface area contributed by atoms with E-state index in [1.165, 1.54) is 16.9 Å². The highest BCUT2D eigenvalue weighted by Crippen LogP contribution is 2.36. The monoisotopic (exact) mass is 296 g/mol. The van der Waals surface area contributed by atoms with E-state index in [2.05, 4.69) is 11.9 Å². The summed E-state index contributed by atoms with van der Waals surface area (Å²) in [6.45, 7) is 2.28. The number of aromatic nitrogens is 2. The van der Waals surface area contributed by atoms with Gasteiger partial charge < -0.3 is 4.98 Å². The third-order valence-electron chi connectivity index (χ3n) is 4.21. The Bertz CT molecular complexity index is 864. The maximum Gasteiger partial charge on any atom is 0.260 e. The van der Waals surface area contributed by atoms with Gasteiger partial charge in [-0.1, -0.05) is 37.3 Å². The number of H-pyrrole nitrogens is 1. The number of fused-ring (bicyclic) bond motifs is 3. The number of nitrogens with zero attached hydrogens (tertiary/aromatic N) is 1. The van der Waals surface area contributed by atoms with Gasteiger partial charge in [-0.2, -0.15) is 0 Å². The Morgan fingerprint density at radius 3 is 2.90 bits per heavy atom. The highest BCUT2D eigenvalue weighted by atomic mass is 32.1. The van der Waals surface area contributed by atoms with E-state index in [0.29, 0.717) is 11.7 Å². The molecule has 4 heteroatoms. The van der Waals surface area contributed by atoms with Crippen molar-refractivity contribution in [2.24, 2.45) is 5.92 Å². The Morgan fingerprint density at radius 1 is 1.29 bits per heavy atom. The predicted molar refractivity (Wildman–Crippen MR) is 86.9 cm³/mol. The van der Waals surface area contributed by atoms with Crippen LogP contribution in [-0.4, -0.2) is 9.97 Å². The highest BCUT2D eigenvalue weighted by Gasteiger charge is 2.23. The minimum absolute atomic E-state index is 0.00547. The van der Waals surface area contributed by atoms with Crippen LogP contribution in [0.4, 0.5) is 0 Å². The van der Waals surface area contributed by atoms with Crippen LogP contribution in [0.3, 0.4) is 0 Å². The van der Waals surface area contributed by atoms with E-state index < -0.39 is 0 Å². The summed E-state index contributed by atoms with van der Waals surface area (Å²) in [5, 5.41) is 0.821. The summed E-state index contributed by atoms with van der Waals surface area (Å²) >= 11 is 1.70. The fraction of sp³-hybridized carbons (Fsp3) is 0.294. The second-order valence-corrected chi connectivity index (χ2v) is 6.90. The van der Waals surface area contributed by atoms with Gasteiger partial charge in [-0.25, -0.2) is 4.98 Å². The van der Waals surface area contributed by atoms with E-state index in [-0.39, 0.29) is 5.56 Å². The van der Waals surface area contributed by atoms with Crippen molar-refractivity contribution in [1.82, 2.24) is 9.97 Å². The van der Waals surface area contributed by atoms with Crippen LogP contribution in [0.15, 0.2) is 35.1 Å². The van der Waals surface area contributed by atoms with Crippen LogP contribution >= 0.6 is 11.3 Å². The van der Waals surface area contributed by atoms with Crippen molar-refractivity contribution in [3.05, 3.63) is 51.1 Å². The van der Waals surface area contributed by atoms with Gasteiger partial charge in [0, 0.05) is 10.4 Å². The van der Waals surface area contributed by atoms with Gasteiger partial charge in [0.25, 0.3) is 5.56 Å². The molecule has 0 saturated heterocycles. The number of nitrogens with one attached hydrogen (secondary N) is 1. The zero-order valence-corrected chi connectivity index (χ0v) is 12.7.